The van der Waals surface area contributed by atoms with Crippen molar-refractivity contribution in [3.8, 4) is 5.69 Å². The number of piperidine rings is 1. The number of para-hydroxylation sites is 1. The molecule has 1 saturated heterocycles. The van der Waals surface area contributed by atoms with Gasteiger partial charge in [0.25, 0.3) is 0 Å². The second kappa shape index (κ2) is 7.72. The van der Waals surface area contributed by atoms with E-state index in [4.69, 9.17) is 5.10 Å². The van der Waals surface area contributed by atoms with Crippen molar-refractivity contribution in [2.45, 2.75) is 31.7 Å². The van der Waals surface area contributed by atoms with Crippen LogP contribution in [-0.4, -0.2) is 34.3 Å². The molecular formula is C23H25BrN4. The highest BCUT2D eigenvalue weighted by atomic mass is 79.9. The van der Waals surface area contributed by atoms with Gasteiger partial charge in [-0.05, 0) is 66.0 Å². The summed E-state index contributed by atoms with van der Waals surface area (Å²) in [6.45, 7) is 4.35. The molecule has 1 N–H and O–H groups in total. The molecular weight excluding hydrogens is 412 g/mol. The Balaban J connectivity index is 1.35. The van der Waals surface area contributed by atoms with Gasteiger partial charge in [0.15, 0.2) is 0 Å². The quantitative estimate of drug-likeness (QED) is 0.625. The number of nitrogens with one attached hydrogen (secondary N) is 1. The van der Waals surface area contributed by atoms with Crippen molar-refractivity contribution in [1.29, 1.82) is 0 Å². The predicted molar refractivity (Wildman–Crippen MR) is 117 cm³/mol. The molecule has 144 valence electrons. The number of hydrogen-bond donors (Lipinski definition) is 1. The number of aromatic nitrogens is 2. The van der Waals surface area contributed by atoms with Crippen LogP contribution in [0.15, 0.2) is 59.1 Å². The SMILES string of the molecule is Brc1ccccc1-n1nc(C2CCN(Cc3ccccc3)CC2)c2c1NCC2. The van der Waals surface area contributed by atoms with Crippen LogP contribution in [0.25, 0.3) is 5.69 Å². The third kappa shape index (κ3) is 3.38. The number of benzene rings is 2. The molecule has 2 aromatic carbocycles. The van der Waals surface area contributed by atoms with Gasteiger partial charge >= 0.3 is 0 Å². The Kier molecular flexibility index (Phi) is 4.95. The van der Waals surface area contributed by atoms with Crippen LogP contribution >= 0.6 is 15.9 Å². The Bertz CT molecular complexity index is 958. The minimum atomic E-state index is 0.560. The summed E-state index contributed by atoms with van der Waals surface area (Å²) in [5.74, 6) is 1.75. The molecule has 0 atom stereocenters. The second-order valence-electron chi connectivity index (χ2n) is 7.79. The van der Waals surface area contributed by atoms with Crippen molar-refractivity contribution >= 4 is 21.7 Å². The molecule has 3 aromatic rings. The van der Waals surface area contributed by atoms with E-state index in [1.807, 2.05) is 6.07 Å². The Morgan fingerprint density at radius 1 is 1.00 bits per heavy atom. The molecule has 0 aliphatic carbocycles. The van der Waals surface area contributed by atoms with E-state index in [0.717, 1.165) is 42.8 Å². The van der Waals surface area contributed by atoms with Gasteiger partial charge in [0, 0.05) is 29.0 Å². The summed E-state index contributed by atoms with van der Waals surface area (Å²) in [6, 6.07) is 19.1. The molecule has 5 rings (SSSR count). The molecule has 0 radical (unpaired) electrons. The monoisotopic (exact) mass is 436 g/mol. The van der Waals surface area contributed by atoms with E-state index >= 15 is 0 Å². The number of likely N-dealkylation sites (tertiary alicyclic amines) is 1. The minimum absolute atomic E-state index is 0.560. The van der Waals surface area contributed by atoms with Crippen molar-refractivity contribution < 1.29 is 0 Å². The van der Waals surface area contributed by atoms with Gasteiger partial charge in [0.05, 0.1) is 11.4 Å². The topological polar surface area (TPSA) is 33.1 Å². The molecule has 4 nitrogen and oxygen atoms in total. The molecule has 2 aliphatic heterocycles. The van der Waals surface area contributed by atoms with Crippen LogP contribution in [-0.2, 0) is 13.0 Å². The Labute approximate surface area is 174 Å². The Hall–Kier alpha value is -2.11. The summed E-state index contributed by atoms with van der Waals surface area (Å²) in [6.07, 6.45) is 3.46. The van der Waals surface area contributed by atoms with Crippen molar-refractivity contribution in [2.24, 2.45) is 0 Å². The van der Waals surface area contributed by atoms with E-state index in [1.165, 1.54) is 35.5 Å². The maximum Gasteiger partial charge on any atom is 0.133 e. The second-order valence-corrected chi connectivity index (χ2v) is 8.64. The molecule has 1 aromatic heterocycles. The van der Waals surface area contributed by atoms with E-state index in [0.29, 0.717) is 5.92 Å². The molecule has 5 heteroatoms. The number of fused-ring (bicyclic) bond motifs is 1. The summed E-state index contributed by atoms with van der Waals surface area (Å²) < 4.78 is 3.19. The highest BCUT2D eigenvalue weighted by Crippen LogP contribution is 2.38. The van der Waals surface area contributed by atoms with Gasteiger partial charge in [0.2, 0.25) is 0 Å². The first-order chi connectivity index (χ1) is 13.8. The van der Waals surface area contributed by atoms with E-state index in [1.54, 1.807) is 0 Å². The fourth-order valence-electron chi connectivity index (χ4n) is 4.53. The largest absolute Gasteiger partial charge is 0.369 e. The first kappa shape index (κ1) is 18.0. The number of anilines is 1. The van der Waals surface area contributed by atoms with Gasteiger partial charge in [0.1, 0.15) is 5.82 Å². The number of rotatable bonds is 4. The van der Waals surface area contributed by atoms with Crippen LogP contribution in [0, 0.1) is 0 Å². The van der Waals surface area contributed by atoms with Crippen LogP contribution < -0.4 is 5.32 Å². The normalized spacial score (nSPS) is 17.5. The minimum Gasteiger partial charge on any atom is -0.369 e. The molecule has 1 fully saturated rings. The fourth-order valence-corrected chi connectivity index (χ4v) is 4.99. The first-order valence-electron chi connectivity index (χ1n) is 10.2. The number of nitrogens with zero attached hydrogens (tertiary/aromatic N) is 3. The average Bonchev–Trinajstić information content (AvgIpc) is 3.33. The summed E-state index contributed by atoms with van der Waals surface area (Å²) in [5.41, 5.74) is 5.26. The van der Waals surface area contributed by atoms with Crippen molar-refractivity contribution in [2.75, 3.05) is 25.0 Å². The van der Waals surface area contributed by atoms with Gasteiger partial charge in [-0.2, -0.15) is 5.10 Å². The summed E-state index contributed by atoms with van der Waals surface area (Å²) in [4.78, 5) is 2.58. The molecule has 0 bridgehead atoms. The van der Waals surface area contributed by atoms with Gasteiger partial charge in [-0.15, -0.1) is 0 Å². The molecule has 28 heavy (non-hydrogen) atoms. The Morgan fingerprint density at radius 2 is 1.75 bits per heavy atom. The van der Waals surface area contributed by atoms with Crippen LogP contribution in [0.5, 0.6) is 0 Å². The van der Waals surface area contributed by atoms with E-state index < -0.39 is 0 Å². The van der Waals surface area contributed by atoms with Crippen LogP contribution in [0.1, 0.15) is 35.6 Å². The summed E-state index contributed by atoms with van der Waals surface area (Å²) >= 11 is 3.69. The van der Waals surface area contributed by atoms with Crippen LogP contribution in [0.2, 0.25) is 0 Å². The average molecular weight is 437 g/mol. The molecule has 0 amide bonds. The third-order valence-electron chi connectivity index (χ3n) is 5.99. The maximum absolute atomic E-state index is 5.10. The van der Waals surface area contributed by atoms with E-state index in [2.05, 4.69) is 79.4 Å². The molecule has 0 unspecified atom stereocenters. The van der Waals surface area contributed by atoms with Crippen molar-refractivity contribution in [3.63, 3.8) is 0 Å². The standard InChI is InChI=1S/C23H25BrN4/c24-20-8-4-5-9-21(20)28-23-19(10-13-25-23)22(26-28)18-11-14-27(15-12-18)16-17-6-2-1-3-7-17/h1-9,18,25H,10-16H2. The summed E-state index contributed by atoms with van der Waals surface area (Å²) in [5, 5.41) is 8.67. The highest BCUT2D eigenvalue weighted by molar-refractivity contribution is 9.10. The van der Waals surface area contributed by atoms with Gasteiger partial charge in [-0.1, -0.05) is 42.5 Å². The molecule has 0 saturated carbocycles. The maximum atomic E-state index is 5.10. The molecule has 0 spiro atoms. The lowest BCUT2D eigenvalue weighted by molar-refractivity contribution is 0.203. The zero-order valence-electron chi connectivity index (χ0n) is 15.9. The number of halogens is 1. The number of hydrogen-bond acceptors (Lipinski definition) is 3. The Morgan fingerprint density at radius 3 is 2.54 bits per heavy atom. The van der Waals surface area contributed by atoms with Gasteiger partial charge in [-0.3, -0.25) is 4.90 Å². The van der Waals surface area contributed by atoms with Crippen LogP contribution in [0.4, 0.5) is 5.82 Å². The molecule has 2 aliphatic rings. The van der Waals surface area contributed by atoms with Crippen molar-refractivity contribution in [3.05, 3.63) is 75.9 Å². The predicted octanol–water partition coefficient (Wildman–Crippen LogP) is 4.98. The molecule has 3 heterocycles. The third-order valence-corrected chi connectivity index (χ3v) is 6.66. The lowest BCUT2D eigenvalue weighted by Gasteiger charge is -2.31. The van der Waals surface area contributed by atoms with E-state index in [-0.39, 0.29) is 0 Å². The lowest BCUT2D eigenvalue weighted by atomic mass is 9.90. The first-order valence-corrected chi connectivity index (χ1v) is 11.0. The van der Waals surface area contributed by atoms with Gasteiger partial charge < -0.3 is 5.32 Å². The van der Waals surface area contributed by atoms with Gasteiger partial charge in [-0.25, -0.2) is 4.68 Å². The lowest BCUT2D eigenvalue weighted by Crippen LogP contribution is -2.32. The van der Waals surface area contributed by atoms with Crippen molar-refractivity contribution in [1.82, 2.24) is 14.7 Å². The highest BCUT2D eigenvalue weighted by Gasteiger charge is 2.30. The van der Waals surface area contributed by atoms with E-state index in [9.17, 15) is 0 Å². The zero-order chi connectivity index (χ0) is 18.9. The fraction of sp³-hybridized carbons (Fsp3) is 0.348. The summed E-state index contributed by atoms with van der Waals surface area (Å²) in [7, 11) is 0. The van der Waals surface area contributed by atoms with Crippen LogP contribution in [0.3, 0.4) is 0 Å². The zero-order valence-corrected chi connectivity index (χ0v) is 17.5. The smallest absolute Gasteiger partial charge is 0.133 e.